The fourth-order valence-electron chi connectivity index (χ4n) is 1.09. The lowest BCUT2D eigenvalue weighted by Gasteiger charge is -2.13. The quantitative estimate of drug-likeness (QED) is 0.710. The Kier molecular flexibility index (Phi) is 4.38. The molecule has 2 amide bonds. The first kappa shape index (κ1) is 11.5. The fraction of sp³-hybridized carbons (Fsp3) is 0.889. The molecule has 0 radical (unpaired) electrons. The van der Waals surface area contributed by atoms with E-state index in [1.54, 1.807) is 6.26 Å². The molecule has 2 unspecified atom stereocenters. The van der Waals surface area contributed by atoms with Crippen LogP contribution in [0.2, 0.25) is 0 Å². The molecule has 1 fully saturated rings. The van der Waals surface area contributed by atoms with Gasteiger partial charge in [-0.1, -0.05) is 0 Å². The summed E-state index contributed by atoms with van der Waals surface area (Å²) in [6.07, 6.45) is 4.64. The van der Waals surface area contributed by atoms with E-state index >= 15 is 0 Å². The minimum absolute atomic E-state index is 0.0950. The van der Waals surface area contributed by atoms with Gasteiger partial charge in [-0.3, -0.25) is 4.21 Å². The number of rotatable bonds is 5. The molecular weight excluding hydrogens is 200 g/mol. The monoisotopic (exact) mass is 218 g/mol. The van der Waals surface area contributed by atoms with Gasteiger partial charge in [-0.25, -0.2) is 4.79 Å². The van der Waals surface area contributed by atoms with E-state index in [4.69, 9.17) is 0 Å². The Balaban J connectivity index is 2.08. The summed E-state index contributed by atoms with van der Waals surface area (Å²) < 4.78 is 10.8. The molecule has 5 heteroatoms. The molecule has 0 spiro atoms. The molecule has 0 aliphatic heterocycles. The van der Waals surface area contributed by atoms with Crippen molar-refractivity contribution in [1.29, 1.82) is 0 Å². The first-order chi connectivity index (χ1) is 6.58. The molecule has 14 heavy (non-hydrogen) atoms. The van der Waals surface area contributed by atoms with E-state index in [1.807, 2.05) is 6.92 Å². The third-order valence-electron chi connectivity index (χ3n) is 2.13. The molecule has 0 aromatic carbocycles. The maximum absolute atomic E-state index is 11.3. The Morgan fingerprint density at radius 2 is 2.21 bits per heavy atom. The van der Waals surface area contributed by atoms with Gasteiger partial charge in [-0.15, -0.1) is 0 Å². The third kappa shape index (κ3) is 5.21. The van der Waals surface area contributed by atoms with Gasteiger partial charge >= 0.3 is 6.03 Å². The van der Waals surface area contributed by atoms with Crippen LogP contribution in [0.15, 0.2) is 0 Å². The van der Waals surface area contributed by atoms with Gasteiger partial charge in [0.15, 0.2) is 0 Å². The van der Waals surface area contributed by atoms with E-state index in [1.165, 1.54) is 0 Å². The van der Waals surface area contributed by atoms with Crippen LogP contribution in [0.5, 0.6) is 0 Å². The molecule has 0 aromatic rings. The molecule has 1 saturated carbocycles. The van der Waals surface area contributed by atoms with Crippen molar-refractivity contribution < 1.29 is 9.00 Å². The standard InChI is InChI=1S/C9H18N2O2S/c1-7(5-6-14(2)13)10-9(12)11-8-3-4-8/h7-8H,3-6H2,1-2H3,(H2,10,11,12). The van der Waals surface area contributed by atoms with Crippen LogP contribution in [0.3, 0.4) is 0 Å². The second kappa shape index (κ2) is 5.34. The number of amides is 2. The van der Waals surface area contributed by atoms with Crippen LogP contribution in [-0.2, 0) is 10.8 Å². The highest BCUT2D eigenvalue weighted by Crippen LogP contribution is 2.18. The maximum Gasteiger partial charge on any atom is 0.315 e. The predicted octanol–water partition coefficient (Wildman–Crippen LogP) is 0.605. The zero-order chi connectivity index (χ0) is 10.6. The summed E-state index contributed by atoms with van der Waals surface area (Å²) in [5.41, 5.74) is 0. The second-order valence-electron chi connectivity index (χ2n) is 3.86. The van der Waals surface area contributed by atoms with Gasteiger partial charge in [-0.05, 0) is 26.2 Å². The van der Waals surface area contributed by atoms with Crippen molar-refractivity contribution >= 4 is 16.8 Å². The minimum Gasteiger partial charge on any atom is -0.336 e. The molecule has 1 rings (SSSR count). The summed E-state index contributed by atoms with van der Waals surface area (Å²) in [6, 6.07) is 0.391. The summed E-state index contributed by atoms with van der Waals surface area (Å²) in [4.78, 5) is 11.3. The highest BCUT2D eigenvalue weighted by molar-refractivity contribution is 7.84. The molecule has 1 aliphatic carbocycles. The van der Waals surface area contributed by atoms with Crippen LogP contribution in [0.25, 0.3) is 0 Å². The summed E-state index contributed by atoms with van der Waals surface area (Å²) in [5.74, 6) is 0.644. The second-order valence-corrected chi connectivity index (χ2v) is 5.41. The number of urea groups is 1. The molecular formula is C9H18N2O2S. The van der Waals surface area contributed by atoms with Crippen LogP contribution in [0, 0.1) is 0 Å². The summed E-state index contributed by atoms with van der Waals surface area (Å²) in [7, 11) is -0.771. The first-order valence-corrected chi connectivity index (χ1v) is 6.67. The first-order valence-electron chi connectivity index (χ1n) is 4.95. The largest absolute Gasteiger partial charge is 0.336 e. The normalized spacial score (nSPS) is 19.9. The van der Waals surface area contributed by atoms with Crippen molar-refractivity contribution in [3.8, 4) is 0 Å². The van der Waals surface area contributed by atoms with Gasteiger partial charge in [0.2, 0.25) is 0 Å². The fourth-order valence-corrected chi connectivity index (χ4v) is 1.78. The topological polar surface area (TPSA) is 58.2 Å². The lowest BCUT2D eigenvalue weighted by atomic mass is 10.3. The highest BCUT2D eigenvalue weighted by atomic mass is 32.2. The van der Waals surface area contributed by atoms with Gasteiger partial charge in [0, 0.05) is 34.9 Å². The van der Waals surface area contributed by atoms with Gasteiger partial charge in [0.25, 0.3) is 0 Å². The van der Waals surface area contributed by atoms with E-state index in [-0.39, 0.29) is 12.1 Å². The van der Waals surface area contributed by atoms with Crippen molar-refractivity contribution in [3.05, 3.63) is 0 Å². The molecule has 0 bridgehead atoms. The van der Waals surface area contributed by atoms with Crippen molar-refractivity contribution in [2.24, 2.45) is 0 Å². The van der Waals surface area contributed by atoms with Crippen LogP contribution in [0.1, 0.15) is 26.2 Å². The third-order valence-corrected chi connectivity index (χ3v) is 2.94. The summed E-state index contributed by atoms with van der Waals surface area (Å²) >= 11 is 0. The molecule has 4 nitrogen and oxygen atoms in total. The molecule has 82 valence electrons. The number of carbonyl (C=O) groups is 1. The van der Waals surface area contributed by atoms with Gasteiger partial charge < -0.3 is 10.6 Å². The zero-order valence-corrected chi connectivity index (χ0v) is 9.52. The van der Waals surface area contributed by atoms with E-state index in [2.05, 4.69) is 10.6 Å². The van der Waals surface area contributed by atoms with Crippen molar-refractivity contribution in [1.82, 2.24) is 10.6 Å². The smallest absolute Gasteiger partial charge is 0.315 e. The maximum atomic E-state index is 11.3. The average Bonchev–Trinajstić information content (AvgIpc) is 2.84. The minimum atomic E-state index is -0.771. The Hall–Kier alpha value is -0.580. The van der Waals surface area contributed by atoms with Crippen molar-refractivity contribution in [3.63, 3.8) is 0 Å². The Morgan fingerprint density at radius 3 is 2.71 bits per heavy atom. The van der Waals surface area contributed by atoms with Gasteiger partial charge in [0.05, 0.1) is 0 Å². The number of hydrogen-bond donors (Lipinski definition) is 2. The average molecular weight is 218 g/mol. The molecule has 0 aromatic heterocycles. The Morgan fingerprint density at radius 1 is 1.57 bits per heavy atom. The van der Waals surface area contributed by atoms with Crippen LogP contribution in [0.4, 0.5) is 4.79 Å². The van der Waals surface area contributed by atoms with Crippen LogP contribution >= 0.6 is 0 Å². The SMILES string of the molecule is CC(CCS(C)=O)NC(=O)NC1CC1. The van der Waals surface area contributed by atoms with E-state index in [9.17, 15) is 9.00 Å². The van der Waals surface area contributed by atoms with Gasteiger partial charge in [0.1, 0.15) is 0 Å². The van der Waals surface area contributed by atoms with E-state index < -0.39 is 10.8 Å². The van der Waals surface area contributed by atoms with Crippen molar-refractivity contribution in [2.45, 2.75) is 38.3 Å². The Bertz CT molecular complexity index is 229. The van der Waals surface area contributed by atoms with E-state index in [0.717, 1.165) is 19.3 Å². The van der Waals surface area contributed by atoms with Crippen molar-refractivity contribution in [2.75, 3.05) is 12.0 Å². The number of carbonyl (C=O) groups excluding carboxylic acids is 1. The van der Waals surface area contributed by atoms with Gasteiger partial charge in [-0.2, -0.15) is 0 Å². The van der Waals surface area contributed by atoms with Crippen LogP contribution < -0.4 is 10.6 Å². The molecule has 0 heterocycles. The lowest BCUT2D eigenvalue weighted by Crippen LogP contribution is -2.42. The molecule has 1 aliphatic rings. The van der Waals surface area contributed by atoms with Crippen LogP contribution in [-0.4, -0.2) is 34.3 Å². The lowest BCUT2D eigenvalue weighted by molar-refractivity contribution is 0.237. The van der Waals surface area contributed by atoms with E-state index in [0.29, 0.717) is 11.8 Å². The molecule has 0 saturated heterocycles. The predicted molar refractivity (Wildman–Crippen MR) is 57.7 cm³/mol. The summed E-state index contributed by atoms with van der Waals surface area (Å²) in [6.45, 7) is 1.93. The number of nitrogens with one attached hydrogen (secondary N) is 2. The zero-order valence-electron chi connectivity index (χ0n) is 8.71. The molecule has 2 N–H and O–H groups in total. The Labute approximate surface area is 87.3 Å². The highest BCUT2D eigenvalue weighted by Gasteiger charge is 2.23. The summed E-state index contributed by atoms with van der Waals surface area (Å²) in [5, 5.41) is 5.67. The molecule has 2 atom stereocenters. The number of hydrogen-bond acceptors (Lipinski definition) is 2.